The maximum Gasteiger partial charge on any atom is 0.144 e. The Morgan fingerprint density at radius 2 is 1.90 bits per heavy atom. The Bertz CT molecular complexity index is 213. The number of aromatic nitrogens is 2. The van der Waals surface area contributed by atoms with Crippen LogP contribution in [0.2, 0.25) is 0 Å². The molecule has 0 aliphatic carbocycles. The zero-order valence-electron chi connectivity index (χ0n) is 4.58. The van der Waals surface area contributed by atoms with Crippen LogP contribution in [0.3, 0.4) is 0 Å². The van der Waals surface area contributed by atoms with Crippen molar-refractivity contribution in [3.8, 4) is 0 Å². The SMILES string of the molecule is [O]=[Cr](=[O])([OH])[OH].c1conn1. The monoisotopic (exact) mass is 188 g/mol. The van der Waals surface area contributed by atoms with E-state index in [1.807, 2.05) is 0 Å². The summed E-state index contributed by atoms with van der Waals surface area (Å²) < 4.78 is 36.1. The molecule has 0 saturated heterocycles. The largest absolute Gasteiger partial charge is 0.346 e. The van der Waals surface area contributed by atoms with Crippen molar-refractivity contribution < 1.29 is 34.1 Å². The summed E-state index contributed by atoms with van der Waals surface area (Å²) in [4.78, 5) is 0. The van der Waals surface area contributed by atoms with Crippen molar-refractivity contribution in [3.63, 3.8) is 0 Å². The Balaban J connectivity index is 0.000000162. The van der Waals surface area contributed by atoms with E-state index >= 15 is 0 Å². The van der Waals surface area contributed by atoms with Gasteiger partial charge in [0.25, 0.3) is 0 Å². The van der Waals surface area contributed by atoms with Crippen molar-refractivity contribution in [1.82, 2.24) is 10.4 Å². The Morgan fingerprint density at radius 1 is 1.40 bits per heavy atom. The number of hydrogen-bond acceptors (Lipinski definition) is 5. The quantitative estimate of drug-likeness (QED) is 0.520. The van der Waals surface area contributed by atoms with Gasteiger partial charge in [0, 0.05) is 5.27 Å². The molecule has 0 unspecified atom stereocenters. The predicted octanol–water partition coefficient (Wildman–Crippen LogP) is -1.28. The molecule has 0 fully saturated rings. The van der Waals surface area contributed by atoms with Gasteiger partial charge in [-0.25, -0.2) is 0 Å². The van der Waals surface area contributed by atoms with Crippen LogP contribution in [0, 0.1) is 0 Å². The van der Waals surface area contributed by atoms with Crippen molar-refractivity contribution in [2.24, 2.45) is 0 Å². The van der Waals surface area contributed by atoms with Crippen molar-refractivity contribution in [3.05, 3.63) is 12.5 Å². The molecule has 2 N–H and O–H groups in total. The maximum atomic E-state index is 8.82. The Labute approximate surface area is 57.7 Å². The third kappa shape index (κ3) is 15.7. The minimum absolute atomic E-state index is 1.40. The van der Waals surface area contributed by atoms with E-state index in [0.717, 1.165) is 0 Å². The van der Waals surface area contributed by atoms with Gasteiger partial charge in [0.05, 0.1) is 6.20 Å². The van der Waals surface area contributed by atoms with E-state index in [1.165, 1.54) is 12.5 Å². The van der Waals surface area contributed by atoms with Gasteiger partial charge >= 0.3 is 29.5 Å². The van der Waals surface area contributed by atoms with Gasteiger partial charge in [0.15, 0.2) is 0 Å². The van der Waals surface area contributed by atoms with Gasteiger partial charge in [-0.15, -0.1) is 5.10 Å². The van der Waals surface area contributed by atoms with Gasteiger partial charge in [-0.2, -0.15) is 0 Å². The minimum atomic E-state index is -5.25. The first-order valence-corrected chi connectivity index (χ1v) is 4.09. The smallest absolute Gasteiger partial charge is 0.144 e. The molecule has 0 amide bonds. The summed E-state index contributed by atoms with van der Waals surface area (Å²) in [5.74, 6) is 0. The molecule has 0 aliphatic heterocycles. The van der Waals surface area contributed by atoms with E-state index < -0.39 is 13.6 Å². The van der Waals surface area contributed by atoms with Crippen LogP contribution >= 0.6 is 0 Å². The molecule has 0 atom stereocenters. The van der Waals surface area contributed by atoms with Gasteiger partial charge in [-0.05, 0) is 0 Å². The normalized spacial score (nSPS) is 9.80. The van der Waals surface area contributed by atoms with Gasteiger partial charge in [0.2, 0.25) is 0 Å². The van der Waals surface area contributed by atoms with Crippen molar-refractivity contribution in [1.29, 1.82) is 0 Å². The molecule has 58 valence electrons. The molecular weight excluding hydrogens is 184 g/mol. The van der Waals surface area contributed by atoms with Crippen LogP contribution in [0.4, 0.5) is 0 Å². The molecule has 1 rings (SSSR count). The predicted molar refractivity (Wildman–Crippen MR) is 20.1 cm³/mol. The molecule has 7 nitrogen and oxygen atoms in total. The van der Waals surface area contributed by atoms with E-state index in [-0.39, 0.29) is 0 Å². The molecule has 0 saturated carbocycles. The zero-order chi connectivity index (χ0) is 8.04. The van der Waals surface area contributed by atoms with E-state index in [4.69, 9.17) is 15.9 Å². The molecule has 1 aromatic rings. The topological polar surface area (TPSA) is 114 Å². The second-order valence-corrected chi connectivity index (χ2v) is 2.43. The minimum Gasteiger partial charge on any atom is -0.346 e. The molecule has 1 heterocycles. The summed E-state index contributed by atoms with van der Waals surface area (Å²) in [6.07, 6.45) is 2.88. The van der Waals surface area contributed by atoms with Crippen molar-refractivity contribution >= 4 is 0 Å². The molecule has 0 spiro atoms. The van der Waals surface area contributed by atoms with Crippen LogP contribution in [-0.4, -0.2) is 18.7 Å². The summed E-state index contributed by atoms with van der Waals surface area (Å²) in [5.41, 5.74) is 0. The molecule has 0 bridgehead atoms. The molecule has 10 heavy (non-hydrogen) atoms. The third-order valence-electron chi connectivity index (χ3n) is 0.283. The van der Waals surface area contributed by atoms with Gasteiger partial charge in [-0.3, -0.25) is 0 Å². The third-order valence-corrected chi connectivity index (χ3v) is 0.283. The van der Waals surface area contributed by atoms with Crippen LogP contribution in [0.5, 0.6) is 0 Å². The Morgan fingerprint density at radius 3 is 2.00 bits per heavy atom. The summed E-state index contributed by atoms with van der Waals surface area (Å²) >= 11 is -5.25. The fourth-order valence-corrected chi connectivity index (χ4v) is 0.136. The van der Waals surface area contributed by atoms with Gasteiger partial charge in [0.1, 0.15) is 6.26 Å². The first-order valence-electron chi connectivity index (χ1n) is 1.91. The van der Waals surface area contributed by atoms with Crippen molar-refractivity contribution in [2.45, 2.75) is 0 Å². The second kappa shape index (κ2) is 4.08. The summed E-state index contributed by atoms with van der Waals surface area (Å²) in [6, 6.07) is 0. The fraction of sp³-hybridized carbons (Fsp3) is 0. The number of hydrogen-bond donors (Lipinski definition) is 2. The van der Waals surface area contributed by atoms with Crippen LogP contribution < -0.4 is 0 Å². The maximum absolute atomic E-state index is 8.82. The molecule has 0 aliphatic rings. The Kier molecular flexibility index (Phi) is 3.75. The van der Waals surface area contributed by atoms with Crippen LogP contribution in [0.15, 0.2) is 17.0 Å². The average Bonchev–Trinajstić information content (AvgIpc) is 2.07. The van der Waals surface area contributed by atoms with E-state index in [1.54, 1.807) is 0 Å². The van der Waals surface area contributed by atoms with Gasteiger partial charge < -0.3 is 4.52 Å². The van der Waals surface area contributed by atoms with Crippen LogP contribution in [-0.2, 0) is 21.2 Å². The number of nitrogens with zero attached hydrogens (tertiary/aromatic N) is 2. The van der Waals surface area contributed by atoms with E-state index in [9.17, 15) is 0 Å². The van der Waals surface area contributed by atoms with Crippen molar-refractivity contribution in [2.75, 3.05) is 0 Å². The molecule has 0 radical (unpaired) electrons. The molecule has 0 aromatic carbocycles. The van der Waals surface area contributed by atoms with E-state index in [0.29, 0.717) is 0 Å². The first-order chi connectivity index (χ1) is 4.50. The first kappa shape index (κ1) is 9.19. The number of rotatable bonds is 0. The standard InChI is InChI=1S/C2H2N2O.Cr.2H2O.2O/c1-2-5-4-3-1;;;;;/h1-2H;;2*1H2;;/q;+2;;;;/p-2. The molecular formula is C2H4CrN2O5. The van der Waals surface area contributed by atoms with Crippen LogP contribution in [0.25, 0.3) is 0 Å². The fourth-order valence-electron chi connectivity index (χ4n) is 0.136. The second-order valence-electron chi connectivity index (χ2n) is 1.04. The zero-order valence-corrected chi connectivity index (χ0v) is 5.85. The summed E-state index contributed by atoms with van der Waals surface area (Å²) in [6.45, 7) is 0. The van der Waals surface area contributed by atoms with E-state index in [2.05, 4.69) is 14.9 Å². The van der Waals surface area contributed by atoms with Gasteiger partial charge in [-0.1, -0.05) is 0 Å². The average molecular weight is 188 g/mol. The summed E-state index contributed by atoms with van der Waals surface area (Å²) in [5, 5.41) is 6.40. The Hall–Kier alpha value is -0.808. The summed E-state index contributed by atoms with van der Waals surface area (Å²) in [7, 11) is 0. The molecule has 1 aromatic heterocycles. The molecule has 8 heteroatoms. The van der Waals surface area contributed by atoms with Crippen LogP contribution in [0.1, 0.15) is 0 Å².